The van der Waals surface area contributed by atoms with Crippen molar-refractivity contribution in [3.05, 3.63) is 53.5 Å². The number of anilines is 1. The highest BCUT2D eigenvalue weighted by molar-refractivity contribution is 5.91. The molecule has 3 N–H and O–H groups in total. The van der Waals surface area contributed by atoms with Gasteiger partial charge in [0, 0.05) is 24.8 Å². The summed E-state index contributed by atoms with van der Waals surface area (Å²) in [6, 6.07) is 11.7. The minimum atomic E-state index is -0.420. The molecule has 0 unspecified atom stereocenters. The number of benzene rings is 1. The predicted octanol–water partition coefficient (Wildman–Crippen LogP) is 1.83. The molecule has 0 saturated heterocycles. The molecule has 5 nitrogen and oxygen atoms in total. The summed E-state index contributed by atoms with van der Waals surface area (Å²) in [6.07, 6.45) is 0. The lowest BCUT2D eigenvalue weighted by Gasteiger charge is -2.18. The van der Waals surface area contributed by atoms with Gasteiger partial charge < -0.3 is 9.32 Å². The van der Waals surface area contributed by atoms with Crippen molar-refractivity contribution in [3.8, 4) is 0 Å². The van der Waals surface area contributed by atoms with Gasteiger partial charge in [0.1, 0.15) is 5.76 Å². The number of nitrogens with one attached hydrogen (secondary N) is 1. The van der Waals surface area contributed by atoms with Gasteiger partial charge in [-0.3, -0.25) is 10.2 Å². The number of hydrazine groups is 1. The van der Waals surface area contributed by atoms with Gasteiger partial charge in [0.05, 0.1) is 0 Å². The van der Waals surface area contributed by atoms with E-state index in [4.69, 9.17) is 10.3 Å². The monoisotopic (exact) mass is 259 g/mol. The van der Waals surface area contributed by atoms with Crippen LogP contribution in [-0.4, -0.2) is 13.0 Å². The molecule has 0 saturated carbocycles. The Hall–Kier alpha value is -2.27. The fraction of sp³-hybridized carbons (Fsp3) is 0.214. The average molecular weight is 259 g/mol. The van der Waals surface area contributed by atoms with Crippen LogP contribution in [0.15, 0.2) is 40.8 Å². The van der Waals surface area contributed by atoms with Crippen LogP contribution in [0.3, 0.4) is 0 Å². The van der Waals surface area contributed by atoms with Gasteiger partial charge in [-0.15, -0.1) is 0 Å². The zero-order valence-electron chi connectivity index (χ0n) is 11.0. The zero-order valence-corrected chi connectivity index (χ0v) is 11.0. The van der Waals surface area contributed by atoms with Gasteiger partial charge in [0.15, 0.2) is 5.76 Å². The second-order valence-electron chi connectivity index (χ2n) is 4.36. The molecule has 0 atom stereocenters. The maximum atomic E-state index is 11.4. The standard InChI is InChI=1S/C14H17N3O2/c1-10-11(8-13(19-10)14(18)16-15)9-17(2)12-6-4-3-5-7-12/h3-8H,9,15H2,1-2H3,(H,16,18). The number of hydrogen-bond acceptors (Lipinski definition) is 4. The van der Waals surface area contributed by atoms with E-state index in [0.29, 0.717) is 6.54 Å². The van der Waals surface area contributed by atoms with E-state index in [2.05, 4.69) is 10.3 Å². The molecular weight excluding hydrogens is 242 g/mol. The first kappa shape index (κ1) is 13.2. The van der Waals surface area contributed by atoms with Crippen LogP contribution in [0.2, 0.25) is 0 Å². The molecule has 0 spiro atoms. The van der Waals surface area contributed by atoms with Crippen molar-refractivity contribution in [1.29, 1.82) is 0 Å². The topological polar surface area (TPSA) is 71.5 Å². The molecular formula is C14H17N3O2. The molecule has 100 valence electrons. The van der Waals surface area contributed by atoms with E-state index >= 15 is 0 Å². The molecule has 1 aromatic carbocycles. The quantitative estimate of drug-likeness (QED) is 0.499. The second-order valence-corrected chi connectivity index (χ2v) is 4.36. The summed E-state index contributed by atoms with van der Waals surface area (Å²) in [5.74, 6) is 5.62. The maximum Gasteiger partial charge on any atom is 0.300 e. The number of amides is 1. The van der Waals surface area contributed by atoms with Crippen molar-refractivity contribution in [2.45, 2.75) is 13.5 Å². The molecule has 2 rings (SSSR count). The summed E-state index contributed by atoms with van der Waals surface area (Å²) >= 11 is 0. The zero-order chi connectivity index (χ0) is 13.8. The molecule has 2 aromatic rings. The van der Waals surface area contributed by atoms with Gasteiger partial charge in [0.25, 0.3) is 0 Å². The van der Waals surface area contributed by atoms with E-state index < -0.39 is 5.91 Å². The van der Waals surface area contributed by atoms with Gasteiger partial charge in [0.2, 0.25) is 0 Å². The molecule has 0 aliphatic carbocycles. The van der Waals surface area contributed by atoms with E-state index in [9.17, 15) is 4.79 Å². The number of nitrogens with zero attached hydrogens (tertiary/aromatic N) is 1. The Labute approximate surface area is 112 Å². The Kier molecular flexibility index (Phi) is 3.87. The van der Waals surface area contributed by atoms with Crippen LogP contribution < -0.4 is 16.2 Å². The Morgan fingerprint density at radius 3 is 2.68 bits per heavy atom. The highest BCUT2D eigenvalue weighted by Gasteiger charge is 2.14. The fourth-order valence-electron chi connectivity index (χ4n) is 1.89. The van der Waals surface area contributed by atoms with Crippen LogP contribution in [-0.2, 0) is 6.54 Å². The number of nitrogens with two attached hydrogens (primary N) is 1. The highest BCUT2D eigenvalue weighted by atomic mass is 16.4. The Morgan fingerprint density at radius 1 is 1.37 bits per heavy atom. The third-order valence-electron chi connectivity index (χ3n) is 2.98. The average Bonchev–Trinajstić information content (AvgIpc) is 2.80. The van der Waals surface area contributed by atoms with Crippen molar-refractivity contribution in [1.82, 2.24) is 5.43 Å². The van der Waals surface area contributed by atoms with Gasteiger partial charge >= 0.3 is 5.91 Å². The van der Waals surface area contributed by atoms with Crippen LogP contribution in [0.4, 0.5) is 5.69 Å². The molecule has 0 bridgehead atoms. The van der Waals surface area contributed by atoms with E-state index in [1.165, 1.54) is 0 Å². The van der Waals surface area contributed by atoms with Crippen molar-refractivity contribution in [3.63, 3.8) is 0 Å². The Bertz CT molecular complexity index is 563. The Morgan fingerprint density at radius 2 is 2.05 bits per heavy atom. The van der Waals surface area contributed by atoms with Crippen LogP contribution >= 0.6 is 0 Å². The summed E-state index contributed by atoms with van der Waals surface area (Å²) in [5.41, 5.74) is 4.13. The van der Waals surface area contributed by atoms with Crippen LogP contribution in [0, 0.1) is 6.92 Å². The van der Waals surface area contributed by atoms with Gasteiger partial charge in [-0.25, -0.2) is 5.84 Å². The lowest BCUT2D eigenvalue weighted by molar-refractivity contribution is 0.0924. The largest absolute Gasteiger partial charge is 0.456 e. The minimum Gasteiger partial charge on any atom is -0.456 e. The number of carbonyl (C=O) groups is 1. The first-order valence-electron chi connectivity index (χ1n) is 5.98. The number of furan rings is 1. The number of rotatable bonds is 4. The number of carbonyl (C=O) groups excluding carboxylic acids is 1. The summed E-state index contributed by atoms with van der Waals surface area (Å²) in [6.45, 7) is 2.50. The van der Waals surface area contributed by atoms with Crippen LogP contribution in [0.5, 0.6) is 0 Å². The first-order valence-corrected chi connectivity index (χ1v) is 5.98. The highest BCUT2D eigenvalue weighted by Crippen LogP contribution is 2.19. The van der Waals surface area contributed by atoms with E-state index in [-0.39, 0.29) is 5.76 Å². The number of hydrogen-bond donors (Lipinski definition) is 2. The minimum absolute atomic E-state index is 0.233. The molecule has 19 heavy (non-hydrogen) atoms. The van der Waals surface area contributed by atoms with Crippen LogP contribution in [0.25, 0.3) is 0 Å². The van der Waals surface area contributed by atoms with Crippen molar-refractivity contribution in [2.75, 3.05) is 11.9 Å². The smallest absolute Gasteiger partial charge is 0.300 e. The van der Waals surface area contributed by atoms with Crippen LogP contribution in [0.1, 0.15) is 21.9 Å². The third-order valence-corrected chi connectivity index (χ3v) is 2.98. The van der Waals surface area contributed by atoms with E-state index in [0.717, 1.165) is 17.0 Å². The van der Waals surface area contributed by atoms with Crippen molar-refractivity contribution in [2.24, 2.45) is 5.84 Å². The number of para-hydroxylation sites is 1. The molecule has 0 fully saturated rings. The summed E-state index contributed by atoms with van der Waals surface area (Å²) in [4.78, 5) is 13.5. The molecule has 0 aliphatic rings. The SMILES string of the molecule is Cc1oc(C(=O)NN)cc1CN(C)c1ccccc1. The fourth-order valence-corrected chi connectivity index (χ4v) is 1.89. The summed E-state index contributed by atoms with van der Waals surface area (Å²) < 4.78 is 5.39. The second kappa shape index (κ2) is 5.58. The first-order chi connectivity index (χ1) is 9.11. The lowest BCUT2D eigenvalue weighted by atomic mass is 10.2. The predicted molar refractivity (Wildman–Crippen MR) is 73.6 cm³/mol. The van der Waals surface area contributed by atoms with Gasteiger partial charge in [-0.1, -0.05) is 18.2 Å². The lowest BCUT2D eigenvalue weighted by Crippen LogP contribution is -2.29. The third kappa shape index (κ3) is 2.95. The summed E-state index contributed by atoms with van der Waals surface area (Å²) in [5, 5.41) is 0. The normalized spacial score (nSPS) is 10.3. The van der Waals surface area contributed by atoms with E-state index in [1.54, 1.807) is 6.07 Å². The van der Waals surface area contributed by atoms with E-state index in [1.807, 2.05) is 44.3 Å². The summed E-state index contributed by atoms with van der Waals surface area (Å²) in [7, 11) is 1.99. The maximum absolute atomic E-state index is 11.4. The van der Waals surface area contributed by atoms with Gasteiger partial charge in [-0.05, 0) is 25.1 Å². The number of aryl methyl sites for hydroxylation is 1. The molecule has 1 aromatic heterocycles. The van der Waals surface area contributed by atoms with Crippen molar-refractivity contribution < 1.29 is 9.21 Å². The van der Waals surface area contributed by atoms with Gasteiger partial charge in [-0.2, -0.15) is 0 Å². The Balaban J connectivity index is 2.15. The molecule has 0 radical (unpaired) electrons. The molecule has 5 heteroatoms. The molecule has 0 aliphatic heterocycles. The van der Waals surface area contributed by atoms with Crippen molar-refractivity contribution >= 4 is 11.6 Å². The molecule has 1 amide bonds. The molecule has 1 heterocycles. The number of nitrogen functional groups attached to an aromatic ring is 1.